The molecule has 0 radical (unpaired) electrons. The smallest absolute Gasteiger partial charge is 0.323 e. The number of rotatable bonds is 10. The zero-order valence-corrected chi connectivity index (χ0v) is 31.2. The van der Waals surface area contributed by atoms with Gasteiger partial charge in [-0.15, -0.1) is 0 Å². The van der Waals surface area contributed by atoms with Gasteiger partial charge in [0.2, 0.25) is 0 Å². The molecule has 58 heavy (non-hydrogen) atoms. The summed E-state index contributed by atoms with van der Waals surface area (Å²) in [6.07, 6.45) is 2.49. The summed E-state index contributed by atoms with van der Waals surface area (Å²) in [5.41, 5.74) is -2.07. The molecule has 7 rings (SSSR count). The minimum absolute atomic E-state index is 0.0263. The Balaban J connectivity index is 0.000000208. The quantitative estimate of drug-likeness (QED) is 0.131. The van der Waals surface area contributed by atoms with Crippen LogP contribution in [-0.4, -0.2) is 35.7 Å². The van der Waals surface area contributed by atoms with E-state index in [4.69, 9.17) is 10.00 Å². The second-order valence-electron chi connectivity index (χ2n) is 14.1. The Morgan fingerprint density at radius 2 is 1.78 bits per heavy atom. The number of amides is 1. The van der Waals surface area contributed by atoms with Gasteiger partial charge in [0.25, 0.3) is 12.3 Å². The third kappa shape index (κ3) is 8.25. The molecule has 0 bridgehead atoms. The number of hydrogen-bond donors (Lipinski definition) is 2. The summed E-state index contributed by atoms with van der Waals surface area (Å²) in [6.45, 7) is 5.66. The average molecular weight is 800 g/mol. The molecule has 6 aromatic rings. The summed E-state index contributed by atoms with van der Waals surface area (Å²) in [6, 6.07) is 20.7. The van der Waals surface area contributed by atoms with Crippen LogP contribution in [-0.2, 0) is 29.9 Å². The maximum atomic E-state index is 15.7. The zero-order chi connectivity index (χ0) is 41.8. The highest BCUT2D eigenvalue weighted by Crippen LogP contribution is 2.47. The molecule has 1 aliphatic rings. The number of carbonyl (C=O) groups is 1. The number of benzene rings is 3. The molecule has 298 valence electrons. The maximum Gasteiger partial charge on any atom is 0.323 e. The number of alkyl halides is 4. The molecule has 3 aromatic heterocycles. The lowest BCUT2D eigenvalue weighted by Gasteiger charge is -2.36. The first-order chi connectivity index (χ1) is 27.5. The van der Waals surface area contributed by atoms with Gasteiger partial charge in [-0.3, -0.25) is 14.8 Å². The average Bonchev–Trinajstić information content (AvgIpc) is 3.80. The highest BCUT2D eigenvalue weighted by atomic mass is 19.3. The predicted octanol–water partition coefficient (Wildman–Crippen LogP) is 9.04. The van der Waals surface area contributed by atoms with Gasteiger partial charge in [0.1, 0.15) is 47.2 Å². The third-order valence-electron chi connectivity index (χ3n) is 10.2. The van der Waals surface area contributed by atoms with Gasteiger partial charge in [-0.05, 0) is 95.6 Å². The van der Waals surface area contributed by atoms with Gasteiger partial charge in [0, 0.05) is 23.5 Å². The number of halogens is 6. The van der Waals surface area contributed by atoms with Crippen LogP contribution in [0.1, 0.15) is 71.2 Å². The van der Waals surface area contributed by atoms with Gasteiger partial charge in [-0.1, -0.05) is 32.9 Å². The lowest BCUT2D eigenvalue weighted by atomic mass is 9.80. The molecule has 0 saturated carbocycles. The van der Waals surface area contributed by atoms with Crippen LogP contribution in [0.3, 0.4) is 0 Å². The van der Waals surface area contributed by atoms with E-state index in [-0.39, 0.29) is 16.7 Å². The van der Waals surface area contributed by atoms with Crippen LogP contribution in [0.5, 0.6) is 11.5 Å². The zero-order valence-electron chi connectivity index (χ0n) is 31.2. The highest BCUT2D eigenvalue weighted by Gasteiger charge is 2.58. The highest BCUT2D eigenvalue weighted by molar-refractivity contribution is 6.05. The number of aliphatic hydroxyl groups is 1. The first-order valence-corrected chi connectivity index (χ1v) is 17.7. The van der Waals surface area contributed by atoms with E-state index in [1.54, 1.807) is 0 Å². The molecule has 2 unspecified atom stereocenters. The standard InChI is InChI=1S/C23H15F4N5O2.C19H20F2N2O/c24-16-3-7-19(20(25)9-16)22(33,12-32-14-29-13-31-32)23(26,27)21-8-6-18(11-30-21)34-17-4-1-15(10-28)2-5-17;1-11-10-13-14(19(11,2)3)7-4-8-15(13)23-18(24)12-6-5-9-22-16(12)17(20)21/h1-9,11,13-14,33H,12H2;4-9,11,17H,10H2,1-3H3,(H,23,24). The van der Waals surface area contributed by atoms with E-state index in [1.165, 1.54) is 54.2 Å². The molecule has 0 spiro atoms. The molecule has 0 fully saturated rings. The van der Waals surface area contributed by atoms with Crippen LogP contribution in [0.2, 0.25) is 0 Å². The second kappa shape index (κ2) is 16.5. The number of nitriles is 1. The maximum absolute atomic E-state index is 15.7. The van der Waals surface area contributed by atoms with E-state index in [2.05, 4.69) is 52.2 Å². The molecule has 10 nitrogen and oxygen atoms in total. The normalized spacial score (nSPS) is 15.4. The number of hydrogen-bond acceptors (Lipinski definition) is 8. The van der Waals surface area contributed by atoms with E-state index in [0.717, 1.165) is 53.7 Å². The van der Waals surface area contributed by atoms with E-state index in [1.807, 2.05) is 18.2 Å². The second-order valence-corrected chi connectivity index (χ2v) is 14.1. The molecule has 0 saturated heterocycles. The summed E-state index contributed by atoms with van der Waals surface area (Å²) in [7, 11) is 0. The van der Waals surface area contributed by atoms with Crippen molar-refractivity contribution in [1.82, 2.24) is 24.7 Å². The lowest BCUT2D eigenvalue weighted by molar-refractivity contribution is -0.207. The Morgan fingerprint density at radius 3 is 2.41 bits per heavy atom. The summed E-state index contributed by atoms with van der Waals surface area (Å²) < 4.78 is 91.9. The monoisotopic (exact) mass is 799 g/mol. The Kier molecular flexibility index (Phi) is 11.7. The van der Waals surface area contributed by atoms with Crippen molar-refractivity contribution in [2.45, 2.75) is 57.1 Å². The van der Waals surface area contributed by atoms with Crippen molar-refractivity contribution >= 4 is 11.6 Å². The number of carbonyl (C=O) groups excluding carboxylic acids is 1. The first-order valence-electron chi connectivity index (χ1n) is 17.7. The number of pyridine rings is 2. The molecule has 2 N–H and O–H groups in total. The number of nitrogens with one attached hydrogen (secondary N) is 1. The number of fused-ring (bicyclic) bond motifs is 1. The van der Waals surface area contributed by atoms with Crippen molar-refractivity contribution in [3.63, 3.8) is 0 Å². The molecule has 16 heteroatoms. The SMILES string of the molecule is CC1Cc2c(NC(=O)c3cccnc3C(F)F)cccc2C1(C)C.N#Cc1ccc(Oc2ccc(C(F)(F)C(O)(Cn3cncn3)c3ccc(F)cc3F)nc2)cc1. The number of anilines is 1. The van der Waals surface area contributed by atoms with Crippen LogP contribution in [0, 0.1) is 28.9 Å². The van der Waals surface area contributed by atoms with Gasteiger partial charge in [0.05, 0.1) is 29.9 Å². The van der Waals surface area contributed by atoms with Crippen molar-refractivity contribution in [3.8, 4) is 17.6 Å². The van der Waals surface area contributed by atoms with E-state index < -0.39 is 59.0 Å². The van der Waals surface area contributed by atoms with Gasteiger partial charge in [-0.25, -0.2) is 27.2 Å². The summed E-state index contributed by atoms with van der Waals surface area (Å²) >= 11 is 0. The van der Waals surface area contributed by atoms with Crippen LogP contribution in [0.15, 0.2) is 110 Å². The number of ether oxygens (including phenoxy) is 1. The molecule has 0 aliphatic heterocycles. The van der Waals surface area contributed by atoms with Crippen molar-refractivity contribution < 1.29 is 41.0 Å². The lowest BCUT2D eigenvalue weighted by Crippen LogP contribution is -2.48. The Morgan fingerprint density at radius 1 is 1.03 bits per heavy atom. The summed E-state index contributed by atoms with van der Waals surface area (Å²) in [5.74, 6) is -6.15. The minimum Gasteiger partial charge on any atom is -0.456 e. The van der Waals surface area contributed by atoms with Crippen molar-refractivity contribution in [1.29, 1.82) is 5.26 Å². The van der Waals surface area contributed by atoms with E-state index >= 15 is 8.78 Å². The van der Waals surface area contributed by atoms with Crippen molar-refractivity contribution in [2.75, 3.05) is 5.32 Å². The van der Waals surface area contributed by atoms with Crippen molar-refractivity contribution in [3.05, 3.63) is 161 Å². The molecule has 1 aliphatic carbocycles. The van der Waals surface area contributed by atoms with E-state index in [0.29, 0.717) is 29.0 Å². The number of nitrogens with zero attached hydrogens (tertiary/aromatic N) is 6. The van der Waals surface area contributed by atoms with Gasteiger partial charge < -0.3 is 15.2 Å². The summed E-state index contributed by atoms with van der Waals surface area (Å²) in [5, 5.41) is 26.5. The van der Waals surface area contributed by atoms with Gasteiger partial charge in [0.15, 0.2) is 5.60 Å². The van der Waals surface area contributed by atoms with Crippen LogP contribution >= 0.6 is 0 Å². The van der Waals surface area contributed by atoms with Crippen LogP contribution < -0.4 is 10.1 Å². The van der Waals surface area contributed by atoms with Crippen LogP contribution in [0.25, 0.3) is 0 Å². The third-order valence-corrected chi connectivity index (χ3v) is 10.2. The molecular formula is C42H35F6N7O3. The van der Waals surface area contributed by atoms with Crippen LogP contribution in [0.4, 0.5) is 32.0 Å². The Labute approximate surface area is 328 Å². The number of aromatic nitrogens is 5. The Hall–Kier alpha value is -6.60. The minimum atomic E-state index is -4.15. The molecule has 2 atom stereocenters. The van der Waals surface area contributed by atoms with Gasteiger partial charge >= 0.3 is 5.92 Å². The van der Waals surface area contributed by atoms with Gasteiger partial charge in [-0.2, -0.15) is 19.1 Å². The Bertz CT molecular complexity index is 2440. The van der Waals surface area contributed by atoms with Crippen molar-refractivity contribution in [2.24, 2.45) is 5.92 Å². The molecular weight excluding hydrogens is 764 g/mol. The molecule has 3 heterocycles. The summed E-state index contributed by atoms with van der Waals surface area (Å²) in [4.78, 5) is 23.5. The fourth-order valence-corrected chi connectivity index (χ4v) is 6.63. The molecule has 1 amide bonds. The predicted molar refractivity (Wildman–Crippen MR) is 199 cm³/mol. The fourth-order valence-electron chi connectivity index (χ4n) is 6.63. The first kappa shape index (κ1) is 41.0. The molecule has 3 aromatic carbocycles. The van der Waals surface area contributed by atoms with E-state index in [9.17, 15) is 27.5 Å². The largest absolute Gasteiger partial charge is 0.456 e. The topological polar surface area (TPSA) is 139 Å². The fraction of sp³-hybridized carbons (Fsp3) is 0.238.